The molecule has 0 spiro atoms. The van der Waals surface area contributed by atoms with Crippen molar-refractivity contribution in [1.29, 1.82) is 0 Å². The van der Waals surface area contributed by atoms with Crippen LogP contribution in [-0.2, 0) is 4.79 Å². The number of carboxylic acids is 1. The Morgan fingerprint density at radius 2 is 2.00 bits per heavy atom. The standard InChI is InChI=1S/C3H6N2O3.Na.H/c4-3(8)5-1-2(6)7;;/h1H2,(H,6,7)(H3,4,5,8);;. The molecule has 0 aliphatic heterocycles. The maximum atomic E-state index is 9.75. The van der Waals surface area contributed by atoms with E-state index in [4.69, 9.17) is 5.11 Å². The third kappa shape index (κ3) is 11.4. The number of hydrogen-bond acceptors (Lipinski definition) is 2. The van der Waals surface area contributed by atoms with Gasteiger partial charge in [-0.05, 0) is 0 Å². The zero-order chi connectivity index (χ0) is 6.57. The van der Waals surface area contributed by atoms with E-state index in [0.29, 0.717) is 0 Å². The van der Waals surface area contributed by atoms with Gasteiger partial charge in [0.25, 0.3) is 0 Å². The van der Waals surface area contributed by atoms with Gasteiger partial charge >= 0.3 is 41.6 Å². The Hall–Kier alpha value is -0.260. The van der Waals surface area contributed by atoms with Crippen molar-refractivity contribution in [1.82, 2.24) is 5.32 Å². The van der Waals surface area contributed by atoms with Gasteiger partial charge in [0.2, 0.25) is 0 Å². The van der Waals surface area contributed by atoms with Crippen LogP contribution in [0.25, 0.3) is 0 Å². The zero-order valence-electron chi connectivity index (χ0n) is 4.05. The van der Waals surface area contributed by atoms with Gasteiger partial charge in [-0.15, -0.1) is 0 Å². The number of nitrogens with two attached hydrogens (primary N) is 1. The van der Waals surface area contributed by atoms with Crippen LogP contribution in [-0.4, -0.2) is 53.2 Å². The Bertz CT molecular complexity index is 102. The van der Waals surface area contributed by atoms with Gasteiger partial charge < -0.3 is 16.2 Å². The summed E-state index contributed by atoms with van der Waals surface area (Å²) in [6.07, 6.45) is 0. The first-order valence-corrected chi connectivity index (χ1v) is 1.88. The zero-order valence-corrected chi connectivity index (χ0v) is 4.05. The van der Waals surface area contributed by atoms with E-state index in [-0.39, 0.29) is 29.6 Å². The van der Waals surface area contributed by atoms with Crippen molar-refractivity contribution >= 4 is 41.6 Å². The molecule has 0 bridgehead atoms. The van der Waals surface area contributed by atoms with E-state index in [9.17, 15) is 9.59 Å². The molecule has 0 aromatic heterocycles. The molecular weight excluding hydrogens is 135 g/mol. The minimum atomic E-state index is -1.11. The molecule has 5 nitrogen and oxygen atoms in total. The van der Waals surface area contributed by atoms with E-state index in [0.717, 1.165) is 0 Å². The summed E-state index contributed by atoms with van der Waals surface area (Å²) in [5, 5.41) is 9.78. The van der Waals surface area contributed by atoms with Crippen molar-refractivity contribution in [2.75, 3.05) is 6.54 Å². The average Bonchev–Trinajstić information content (AvgIpc) is 1.61. The van der Waals surface area contributed by atoms with Crippen molar-refractivity contribution in [2.45, 2.75) is 0 Å². The van der Waals surface area contributed by atoms with Crippen molar-refractivity contribution < 1.29 is 14.7 Å². The number of carbonyl (C=O) groups excluding carboxylic acids is 1. The van der Waals surface area contributed by atoms with Gasteiger partial charge in [0.05, 0.1) is 0 Å². The monoisotopic (exact) mass is 142 g/mol. The molecule has 0 saturated carbocycles. The first kappa shape index (κ1) is 11.5. The fraction of sp³-hybridized carbons (Fsp3) is 0.333. The number of urea groups is 1. The predicted molar refractivity (Wildman–Crippen MR) is 32.4 cm³/mol. The number of carbonyl (C=O) groups is 2. The molecule has 0 saturated heterocycles. The Morgan fingerprint density at radius 3 is 2.11 bits per heavy atom. The molecule has 0 atom stereocenters. The van der Waals surface area contributed by atoms with Crippen LogP contribution in [0.3, 0.4) is 0 Å². The van der Waals surface area contributed by atoms with Crippen molar-refractivity contribution in [3.63, 3.8) is 0 Å². The second-order valence-corrected chi connectivity index (χ2v) is 1.11. The first-order valence-electron chi connectivity index (χ1n) is 1.88. The van der Waals surface area contributed by atoms with Crippen LogP contribution in [0.4, 0.5) is 4.79 Å². The van der Waals surface area contributed by atoms with Gasteiger partial charge in [-0.2, -0.15) is 0 Å². The molecule has 9 heavy (non-hydrogen) atoms. The SMILES string of the molecule is NC(=O)NCC(=O)O.[NaH]. The van der Waals surface area contributed by atoms with Gasteiger partial charge in [-0.3, -0.25) is 4.79 Å². The number of aliphatic carboxylic acids is 1. The molecular formula is C3H7N2NaO3. The van der Waals surface area contributed by atoms with Gasteiger partial charge in [0, 0.05) is 0 Å². The van der Waals surface area contributed by atoms with Gasteiger partial charge in [-0.25, -0.2) is 4.79 Å². The molecule has 6 heteroatoms. The summed E-state index contributed by atoms with van der Waals surface area (Å²) in [5.74, 6) is -1.11. The van der Waals surface area contributed by atoms with E-state index < -0.39 is 18.5 Å². The van der Waals surface area contributed by atoms with Crippen LogP contribution in [0.1, 0.15) is 0 Å². The summed E-state index contributed by atoms with van der Waals surface area (Å²) < 4.78 is 0. The van der Waals surface area contributed by atoms with E-state index in [1.165, 1.54) is 0 Å². The predicted octanol–water partition coefficient (Wildman–Crippen LogP) is -1.91. The summed E-state index contributed by atoms with van der Waals surface area (Å²) in [7, 11) is 0. The molecule has 0 heterocycles. The Balaban J connectivity index is 0. The van der Waals surface area contributed by atoms with Gasteiger partial charge in [0.1, 0.15) is 6.54 Å². The molecule has 0 aliphatic rings. The molecule has 0 aromatic rings. The summed E-state index contributed by atoms with van der Waals surface area (Å²) in [6, 6.07) is -0.826. The molecule has 4 N–H and O–H groups in total. The third-order valence-electron chi connectivity index (χ3n) is 0.414. The molecule has 0 rings (SSSR count). The Kier molecular flexibility index (Phi) is 7.52. The minimum absolute atomic E-state index is 0. The van der Waals surface area contributed by atoms with Crippen LogP contribution in [0.2, 0.25) is 0 Å². The van der Waals surface area contributed by atoms with Crippen LogP contribution >= 0.6 is 0 Å². The van der Waals surface area contributed by atoms with Gasteiger partial charge in [0.15, 0.2) is 0 Å². The Labute approximate surface area is 73.9 Å². The molecule has 48 valence electrons. The van der Waals surface area contributed by atoms with Gasteiger partial charge in [-0.1, -0.05) is 0 Å². The normalized spacial score (nSPS) is 7.11. The number of primary amides is 1. The summed E-state index contributed by atoms with van der Waals surface area (Å²) in [4.78, 5) is 19.4. The second kappa shape index (κ2) is 5.87. The van der Waals surface area contributed by atoms with Crippen LogP contribution in [0, 0.1) is 0 Å². The number of hydrogen-bond donors (Lipinski definition) is 3. The molecule has 2 amide bonds. The van der Waals surface area contributed by atoms with E-state index in [1.807, 2.05) is 5.32 Å². The molecule has 0 aliphatic carbocycles. The molecule has 0 unspecified atom stereocenters. The van der Waals surface area contributed by atoms with Crippen LogP contribution in [0.5, 0.6) is 0 Å². The van der Waals surface area contributed by atoms with Crippen molar-refractivity contribution in [3.8, 4) is 0 Å². The van der Waals surface area contributed by atoms with E-state index in [2.05, 4.69) is 5.73 Å². The Morgan fingerprint density at radius 1 is 1.56 bits per heavy atom. The molecule has 0 aromatic carbocycles. The summed E-state index contributed by atoms with van der Waals surface area (Å²) in [6.45, 7) is -0.421. The summed E-state index contributed by atoms with van der Waals surface area (Å²) in [5.41, 5.74) is 4.53. The fourth-order valence-electron chi connectivity index (χ4n) is 0.163. The average molecular weight is 142 g/mol. The third-order valence-corrected chi connectivity index (χ3v) is 0.414. The second-order valence-electron chi connectivity index (χ2n) is 1.11. The topological polar surface area (TPSA) is 92.4 Å². The molecule has 0 radical (unpaired) electrons. The number of amides is 2. The quantitative estimate of drug-likeness (QED) is 0.393. The van der Waals surface area contributed by atoms with E-state index in [1.54, 1.807) is 0 Å². The number of rotatable bonds is 2. The maximum absolute atomic E-state index is 9.75. The van der Waals surface area contributed by atoms with Crippen LogP contribution in [0.15, 0.2) is 0 Å². The van der Waals surface area contributed by atoms with E-state index >= 15 is 0 Å². The molecule has 0 fully saturated rings. The van der Waals surface area contributed by atoms with Crippen LogP contribution < -0.4 is 11.1 Å². The van der Waals surface area contributed by atoms with Crippen molar-refractivity contribution in [3.05, 3.63) is 0 Å². The number of nitrogens with one attached hydrogen (secondary N) is 1. The fourth-order valence-corrected chi connectivity index (χ4v) is 0.163. The number of carboxylic acid groups (broad SMARTS) is 1. The van der Waals surface area contributed by atoms with Crippen molar-refractivity contribution in [2.24, 2.45) is 5.73 Å². The first-order chi connectivity index (χ1) is 3.63. The summed E-state index contributed by atoms with van der Waals surface area (Å²) >= 11 is 0.